The molecule has 2 heterocycles. The molecule has 0 aliphatic rings. The number of thiophene rings is 1. The zero-order chi connectivity index (χ0) is 12.5. The Morgan fingerprint density at radius 1 is 1.33 bits per heavy atom. The molecule has 2 aromatic heterocycles. The van der Waals surface area contributed by atoms with Crippen molar-refractivity contribution in [2.24, 2.45) is 5.73 Å². The number of aromatic nitrogens is 1. The smallest absolute Gasteiger partial charge is 0.0973 e. The summed E-state index contributed by atoms with van der Waals surface area (Å²) in [5.74, 6) is 0.345. The quantitative estimate of drug-likeness (QED) is 0.781. The molecule has 2 N–H and O–H groups in total. The van der Waals surface area contributed by atoms with Crippen molar-refractivity contribution < 1.29 is 0 Å². The predicted octanol–water partition coefficient (Wildman–Crippen LogP) is 4.09. The summed E-state index contributed by atoms with van der Waals surface area (Å²) < 4.78 is 1.31. The normalized spacial score (nSPS) is 13.0. The van der Waals surface area contributed by atoms with Gasteiger partial charge in [-0.3, -0.25) is 0 Å². The summed E-state index contributed by atoms with van der Waals surface area (Å²) in [5, 5.41) is 4.55. The summed E-state index contributed by atoms with van der Waals surface area (Å²) in [6.45, 7) is 2.77. The summed E-state index contributed by atoms with van der Waals surface area (Å²) in [7, 11) is 0. The molecule has 0 saturated heterocycles. The van der Waals surface area contributed by atoms with E-state index in [4.69, 9.17) is 10.7 Å². The van der Waals surface area contributed by atoms with Crippen LogP contribution in [-0.4, -0.2) is 11.5 Å². The van der Waals surface area contributed by atoms with Crippen LogP contribution in [0.25, 0.3) is 20.7 Å². The molecule has 2 nitrogen and oxygen atoms in total. The van der Waals surface area contributed by atoms with Crippen LogP contribution in [0.4, 0.5) is 0 Å². The van der Waals surface area contributed by atoms with E-state index in [1.54, 1.807) is 22.7 Å². The zero-order valence-corrected chi connectivity index (χ0v) is 11.7. The van der Waals surface area contributed by atoms with Crippen LogP contribution in [0.2, 0.25) is 0 Å². The molecule has 3 rings (SSSR count). The van der Waals surface area contributed by atoms with Gasteiger partial charge in [-0.1, -0.05) is 25.1 Å². The molecule has 0 saturated carbocycles. The van der Waals surface area contributed by atoms with E-state index in [1.165, 1.54) is 15.0 Å². The van der Waals surface area contributed by atoms with Gasteiger partial charge in [-0.05, 0) is 17.5 Å². The van der Waals surface area contributed by atoms with Gasteiger partial charge in [0.2, 0.25) is 0 Å². The fourth-order valence-electron chi connectivity index (χ4n) is 1.84. The Morgan fingerprint density at radius 2 is 2.17 bits per heavy atom. The fourth-order valence-corrected chi connectivity index (χ4v) is 3.83. The van der Waals surface area contributed by atoms with Crippen molar-refractivity contribution in [3.05, 3.63) is 40.7 Å². The Labute approximate surface area is 114 Å². The van der Waals surface area contributed by atoms with E-state index in [9.17, 15) is 0 Å². The van der Waals surface area contributed by atoms with E-state index in [1.807, 2.05) is 0 Å². The van der Waals surface area contributed by atoms with Gasteiger partial charge >= 0.3 is 0 Å². The second-order valence-electron chi connectivity index (χ2n) is 4.36. The van der Waals surface area contributed by atoms with Crippen LogP contribution >= 0.6 is 22.7 Å². The molecule has 1 atom stereocenters. The molecule has 0 radical (unpaired) electrons. The van der Waals surface area contributed by atoms with Gasteiger partial charge in [-0.2, -0.15) is 0 Å². The number of thiazole rings is 1. The van der Waals surface area contributed by atoms with E-state index in [0.717, 1.165) is 10.7 Å². The predicted molar refractivity (Wildman–Crippen MR) is 80.4 cm³/mol. The Bertz CT molecular complexity index is 636. The van der Waals surface area contributed by atoms with Crippen LogP contribution in [0.15, 0.2) is 35.7 Å². The van der Waals surface area contributed by atoms with Gasteiger partial charge in [0.15, 0.2) is 0 Å². The van der Waals surface area contributed by atoms with Gasteiger partial charge in [0.05, 0.1) is 15.6 Å². The maximum atomic E-state index is 5.68. The SMILES string of the molecule is CC(CN)c1nc(-c2cc3ccccc3s2)cs1. The molecule has 0 aliphatic heterocycles. The number of hydrogen-bond donors (Lipinski definition) is 1. The number of rotatable bonds is 3. The molecule has 0 fully saturated rings. The molecular formula is C14H14N2S2. The first kappa shape index (κ1) is 11.8. The lowest BCUT2D eigenvalue weighted by atomic mass is 10.2. The topological polar surface area (TPSA) is 38.9 Å². The largest absolute Gasteiger partial charge is 0.330 e. The van der Waals surface area contributed by atoms with Crippen LogP contribution in [0, 0.1) is 0 Å². The van der Waals surface area contributed by atoms with Gasteiger partial charge in [0, 0.05) is 22.5 Å². The minimum Gasteiger partial charge on any atom is -0.330 e. The number of benzene rings is 1. The molecule has 92 valence electrons. The lowest BCUT2D eigenvalue weighted by molar-refractivity contribution is 0.767. The Balaban J connectivity index is 2.01. The number of nitrogens with zero attached hydrogens (tertiary/aromatic N) is 1. The van der Waals surface area contributed by atoms with Crippen molar-refractivity contribution >= 4 is 32.8 Å². The molecule has 1 unspecified atom stereocenters. The lowest BCUT2D eigenvalue weighted by Gasteiger charge is -2.01. The highest BCUT2D eigenvalue weighted by Crippen LogP contribution is 2.34. The first-order valence-electron chi connectivity index (χ1n) is 5.92. The second kappa shape index (κ2) is 4.80. The summed E-state index contributed by atoms with van der Waals surface area (Å²) in [4.78, 5) is 5.93. The Hall–Kier alpha value is -1.23. The third-order valence-corrected chi connectivity index (χ3v) is 5.19. The van der Waals surface area contributed by atoms with E-state index in [2.05, 4.69) is 42.6 Å². The molecule has 0 amide bonds. The maximum Gasteiger partial charge on any atom is 0.0973 e. The average Bonchev–Trinajstić information content (AvgIpc) is 3.03. The van der Waals surface area contributed by atoms with Gasteiger partial charge in [0.1, 0.15) is 0 Å². The molecule has 4 heteroatoms. The van der Waals surface area contributed by atoms with Crippen LogP contribution < -0.4 is 5.73 Å². The minimum atomic E-state index is 0.345. The van der Waals surface area contributed by atoms with Gasteiger partial charge in [-0.15, -0.1) is 22.7 Å². The molecule has 0 spiro atoms. The van der Waals surface area contributed by atoms with Crippen LogP contribution in [0.3, 0.4) is 0 Å². The van der Waals surface area contributed by atoms with Crippen LogP contribution in [0.5, 0.6) is 0 Å². The summed E-state index contributed by atoms with van der Waals surface area (Å²) in [6.07, 6.45) is 0. The van der Waals surface area contributed by atoms with E-state index < -0.39 is 0 Å². The minimum absolute atomic E-state index is 0.345. The molecule has 0 aliphatic carbocycles. The van der Waals surface area contributed by atoms with Crippen molar-refractivity contribution in [3.8, 4) is 10.6 Å². The van der Waals surface area contributed by atoms with Gasteiger partial charge in [-0.25, -0.2) is 4.98 Å². The third kappa shape index (κ3) is 2.07. The highest BCUT2D eigenvalue weighted by atomic mass is 32.1. The van der Waals surface area contributed by atoms with Gasteiger partial charge in [0.25, 0.3) is 0 Å². The number of hydrogen-bond acceptors (Lipinski definition) is 4. The molecule has 1 aromatic carbocycles. The van der Waals surface area contributed by atoms with Crippen LogP contribution in [-0.2, 0) is 0 Å². The molecular weight excluding hydrogens is 260 g/mol. The first-order valence-corrected chi connectivity index (χ1v) is 7.62. The third-order valence-electron chi connectivity index (χ3n) is 2.98. The first-order chi connectivity index (χ1) is 8.78. The van der Waals surface area contributed by atoms with Gasteiger partial charge < -0.3 is 5.73 Å². The van der Waals surface area contributed by atoms with E-state index in [-0.39, 0.29) is 0 Å². The Kier molecular flexibility index (Phi) is 3.16. The monoisotopic (exact) mass is 274 g/mol. The van der Waals surface area contributed by atoms with Crippen molar-refractivity contribution in [1.29, 1.82) is 0 Å². The number of nitrogens with two attached hydrogens (primary N) is 1. The van der Waals surface area contributed by atoms with Crippen molar-refractivity contribution in [2.45, 2.75) is 12.8 Å². The highest BCUT2D eigenvalue weighted by Gasteiger charge is 2.11. The van der Waals surface area contributed by atoms with E-state index >= 15 is 0 Å². The summed E-state index contributed by atoms with van der Waals surface area (Å²) >= 11 is 3.50. The average molecular weight is 274 g/mol. The maximum absolute atomic E-state index is 5.68. The Morgan fingerprint density at radius 3 is 2.94 bits per heavy atom. The fraction of sp³-hybridized carbons (Fsp3) is 0.214. The van der Waals surface area contributed by atoms with Crippen molar-refractivity contribution in [3.63, 3.8) is 0 Å². The van der Waals surface area contributed by atoms with E-state index in [0.29, 0.717) is 12.5 Å². The second-order valence-corrected chi connectivity index (χ2v) is 6.33. The number of fused-ring (bicyclic) bond motifs is 1. The summed E-state index contributed by atoms with van der Waals surface area (Å²) in [5.41, 5.74) is 6.76. The highest BCUT2D eigenvalue weighted by molar-refractivity contribution is 7.22. The summed E-state index contributed by atoms with van der Waals surface area (Å²) in [6, 6.07) is 10.7. The molecule has 3 aromatic rings. The van der Waals surface area contributed by atoms with Crippen LogP contribution in [0.1, 0.15) is 17.8 Å². The molecule has 18 heavy (non-hydrogen) atoms. The molecule has 0 bridgehead atoms. The van der Waals surface area contributed by atoms with Crippen molar-refractivity contribution in [1.82, 2.24) is 4.98 Å². The van der Waals surface area contributed by atoms with Crippen molar-refractivity contribution in [2.75, 3.05) is 6.54 Å². The standard InChI is InChI=1S/C14H14N2S2/c1-9(7-15)14-16-11(8-17-14)13-6-10-4-2-3-5-12(10)18-13/h2-6,8-9H,7,15H2,1H3. The zero-order valence-electron chi connectivity index (χ0n) is 10.1. The lowest BCUT2D eigenvalue weighted by Crippen LogP contribution is -2.08.